The number of aryl methyl sites for hydroxylation is 1. The van der Waals surface area contributed by atoms with Crippen LogP contribution in [0.4, 0.5) is 5.13 Å². The van der Waals surface area contributed by atoms with Gasteiger partial charge in [0.25, 0.3) is 5.91 Å². The molecule has 0 aliphatic carbocycles. The highest BCUT2D eigenvalue weighted by Gasteiger charge is 2.17. The Labute approximate surface area is 135 Å². The van der Waals surface area contributed by atoms with Crippen LogP contribution in [0.1, 0.15) is 15.4 Å². The number of nitrogens with zero attached hydrogens (tertiary/aromatic N) is 2. The lowest BCUT2D eigenvalue weighted by Crippen LogP contribution is -2.11. The summed E-state index contributed by atoms with van der Waals surface area (Å²) in [5.74, 6) is 0.582. The van der Waals surface area contributed by atoms with Gasteiger partial charge in [-0.3, -0.25) is 10.1 Å². The molecule has 0 radical (unpaired) electrons. The molecule has 0 aliphatic heterocycles. The molecular formula is C15H13N3O2S2. The highest BCUT2D eigenvalue weighted by atomic mass is 32.1. The standard InChI is InChI=1S/C15H13N3O2S2/c1-9-12(13(19)18-15-16-6-7-21-15)22-14(17-9)10-4-3-5-11(8-10)20-2/h3-8H,1-2H3,(H,16,18,19). The van der Waals surface area contributed by atoms with Gasteiger partial charge in [0.1, 0.15) is 15.6 Å². The van der Waals surface area contributed by atoms with E-state index in [-0.39, 0.29) is 5.91 Å². The van der Waals surface area contributed by atoms with Crippen LogP contribution in [-0.2, 0) is 0 Å². The molecule has 1 N–H and O–H groups in total. The van der Waals surface area contributed by atoms with Crippen LogP contribution in [0.25, 0.3) is 10.6 Å². The van der Waals surface area contributed by atoms with Gasteiger partial charge in [0, 0.05) is 17.1 Å². The van der Waals surface area contributed by atoms with Crippen molar-refractivity contribution in [2.75, 3.05) is 12.4 Å². The summed E-state index contributed by atoms with van der Waals surface area (Å²) >= 11 is 2.74. The van der Waals surface area contributed by atoms with Crippen molar-refractivity contribution >= 4 is 33.7 Å². The maximum absolute atomic E-state index is 12.3. The molecule has 5 nitrogen and oxygen atoms in total. The molecule has 0 atom stereocenters. The zero-order chi connectivity index (χ0) is 15.5. The summed E-state index contributed by atoms with van der Waals surface area (Å²) in [6, 6.07) is 7.63. The summed E-state index contributed by atoms with van der Waals surface area (Å²) in [6.45, 7) is 1.83. The van der Waals surface area contributed by atoms with E-state index >= 15 is 0 Å². The first-order valence-electron chi connectivity index (χ1n) is 6.50. The summed E-state index contributed by atoms with van der Waals surface area (Å²) in [7, 11) is 1.62. The Bertz CT molecular complexity index is 797. The fraction of sp³-hybridized carbons (Fsp3) is 0.133. The summed E-state index contributed by atoms with van der Waals surface area (Å²) in [6.07, 6.45) is 1.65. The van der Waals surface area contributed by atoms with Crippen molar-refractivity contribution in [3.8, 4) is 16.3 Å². The molecule has 112 valence electrons. The largest absolute Gasteiger partial charge is 0.497 e. The lowest BCUT2D eigenvalue weighted by atomic mass is 10.2. The Morgan fingerprint density at radius 1 is 1.36 bits per heavy atom. The number of rotatable bonds is 4. The molecule has 7 heteroatoms. The second kappa shape index (κ2) is 6.25. The van der Waals surface area contributed by atoms with Crippen molar-refractivity contribution in [3.05, 3.63) is 46.4 Å². The number of benzene rings is 1. The van der Waals surface area contributed by atoms with Gasteiger partial charge in [0.15, 0.2) is 5.13 Å². The van der Waals surface area contributed by atoms with Crippen LogP contribution < -0.4 is 10.1 Å². The van der Waals surface area contributed by atoms with E-state index in [0.29, 0.717) is 15.7 Å². The molecule has 0 aliphatic rings. The van der Waals surface area contributed by atoms with Crippen molar-refractivity contribution in [1.29, 1.82) is 0 Å². The van der Waals surface area contributed by atoms with Gasteiger partial charge in [-0.2, -0.15) is 0 Å². The number of hydrogen-bond donors (Lipinski definition) is 1. The Morgan fingerprint density at radius 2 is 2.23 bits per heavy atom. The van der Waals surface area contributed by atoms with Crippen molar-refractivity contribution in [3.63, 3.8) is 0 Å². The second-order valence-electron chi connectivity index (χ2n) is 4.46. The number of carbonyl (C=O) groups excluding carboxylic acids is 1. The third-order valence-corrected chi connectivity index (χ3v) is 4.87. The molecule has 2 heterocycles. The topological polar surface area (TPSA) is 64.1 Å². The zero-order valence-electron chi connectivity index (χ0n) is 12.0. The number of thiazole rings is 2. The van der Waals surface area contributed by atoms with Crippen LogP contribution in [-0.4, -0.2) is 23.0 Å². The van der Waals surface area contributed by atoms with Crippen molar-refractivity contribution in [1.82, 2.24) is 9.97 Å². The fourth-order valence-electron chi connectivity index (χ4n) is 1.93. The minimum Gasteiger partial charge on any atom is -0.497 e. The van der Waals surface area contributed by atoms with Gasteiger partial charge in [-0.15, -0.1) is 22.7 Å². The molecule has 22 heavy (non-hydrogen) atoms. The fourth-order valence-corrected chi connectivity index (χ4v) is 3.41. The van der Waals surface area contributed by atoms with E-state index in [1.807, 2.05) is 36.6 Å². The molecule has 3 aromatic rings. The monoisotopic (exact) mass is 331 g/mol. The molecule has 2 aromatic heterocycles. The number of ether oxygens (including phenoxy) is 1. The van der Waals surface area contributed by atoms with Crippen molar-refractivity contribution in [2.45, 2.75) is 6.92 Å². The van der Waals surface area contributed by atoms with E-state index < -0.39 is 0 Å². The Kier molecular flexibility index (Phi) is 4.17. The second-order valence-corrected chi connectivity index (χ2v) is 6.35. The maximum Gasteiger partial charge on any atom is 0.269 e. The number of amides is 1. The lowest BCUT2D eigenvalue weighted by molar-refractivity contribution is 0.103. The van der Waals surface area contributed by atoms with Gasteiger partial charge in [0.2, 0.25) is 0 Å². The molecule has 0 bridgehead atoms. The maximum atomic E-state index is 12.3. The third kappa shape index (κ3) is 3.00. The molecule has 1 aromatic carbocycles. The van der Waals surface area contributed by atoms with Gasteiger partial charge in [-0.05, 0) is 19.1 Å². The predicted molar refractivity (Wildman–Crippen MR) is 88.9 cm³/mol. The first kappa shape index (κ1) is 14.7. The smallest absolute Gasteiger partial charge is 0.269 e. The Balaban J connectivity index is 1.88. The molecule has 1 amide bonds. The van der Waals surface area contributed by atoms with Gasteiger partial charge in [-0.1, -0.05) is 12.1 Å². The van der Waals surface area contributed by atoms with Crippen LogP contribution in [0, 0.1) is 6.92 Å². The summed E-state index contributed by atoms with van der Waals surface area (Å²) in [5, 5.41) is 5.97. The minimum atomic E-state index is -0.181. The SMILES string of the molecule is COc1cccc(-c2nc(C)c(C(=O)Nc3nccs3)s2)c1. The lowest BCUT2D eigenvalue weighted by Gasteiger charge is -2.01. The van der Waals surface area contributed by atoms with E-state index in [2.05, 4.69) is 15.3 Å². The van der Waals surface area contributed by atoms with Crippen LogP contribution in [0.3, 0.4) is 0 Å². The molecule has 0 saturated heterocycles. The van der Waals surface area contributed by atoms with E-state index in [1.54, 1.807) is 13.3 Å². The number of carbonyl (C=O) groups is 1. The zero-order valence-corrected chi connectivity index (χ0v) is 13.6. The first-order chi connectivity index (χ1) is 10.7. The quantitative estimate of drug-likeness (QED) is 0.789. The normalized spacial score (nSPS) is 10.5. The van der Waals surface area contributed by atoms with Crippen LogP contribution >= 0.6 is 22.7 Å². The summed E-state index contributed by atoms with van der Waals surface area (Å²) < 4.78 is 5.22. The highest BCUT2D eigenvalue weighted by Crippen LogP contribution is 2.30. The van der Waals surface area contributed by atoms with Gasteiger partial charge < -0.3 is 4.74 Å². The number of methoxy groups -OCH3 is 1. The van der Waals surface area contributed by atoms with E-state index in [1.165, 1.54) is 22.7 Å². The van der Waals surface area contributed by atoms with Gasteiger partial charge >= 0.3 is 0 Å². The van der Waals surface area contributed by atoms with Crippen molar-refractivity contribution < 1.29 is 9.53 Å². The number of hydrogen-bond acceptors (Lipinski definition) is 6. The highest BCUT2D eigenvalue weighted by molar-refractivity contribution is 7.17. The third-order valence-electron chi connectivity index (χ3n) is 2.97. The Morgan fingerprint density at radius 3 is 2.95 bits per heavy atom. The van der Waals surface area contributed by atoms with E-state index in [9.17, 15) is 4.79 Å². The number of anilines is 1. The van der Waals surface area contributed by atoms with Crippen LogP contribution in [0.2, 0.25) is 0 Å². The molecule has 0 saturated carbocycles. The molecule has 0 fully saturated rings. The van der Waals surface area contributed by atoms with Crippen LogP contribution in [0.15, 0.2) is 35.8 Å². The van der Waals surface area contributed by atoms with Crippen molar-refractivity contribution in [2.24, 2.45) is 0 Å². The molecule has 3 rings (SSSR count). The first-order valence-corrected chi connectivity index (χ1v) is 8.19. The molecular weight excluding hydrogens is 318 g/mol. The average Bonchev–Trinajstić information content (AvgIpc) is 3.17. The van der Waals surface area contributed by atoms with Crippen LogP contribution in [0.5, 0.6) is 5.75 Å². The van der Waals surface area contributed by atoms with Gasteiger partial charge in [0.05, 0.1) is 12.8 Å². The van der Waals surface area contributed by atoms with E-state index in [0.717, 1.165) is 16.3 Å². The molecule has 0 unspecified atom stereocenters. The summed E-state index contributed by atoms with van der Waals surface area (Å²) in [4.78, 5) is 21.4. The van der Waals surface area contributed by atoms with E-state index in [4.69, 9.17) is 4.74 Å². The number of aromatic nitrogens is 2. The average molecular weight is 331 g/mol. The molecule has 0 spiro atoms. The number of nitrogens with one attached hydrogen (secondary N) is 1. The Hall–Kier alpha value is -2.25. The minimum absolute atomic E-state index is 0.181. The summed E-state index contributed by atoms with van der Waals surface area (Å²) in [5.41, 5.74) is 1.64. The predicted octanol–water partition coefficient (Wildman–Crippen LogP) is 3.84. The van der Waals surface area contributed by atoms with Gasteiger partial charge in [-0.25, -0.2) is 9.97 Å².